The monoisotopic (exact) mass is 234 g/mol. The molecule has 0 aliphatic heterocycles. The minimum Gasteiger partial charge on any atom is -0.353 e. The van der Waals surface area contributed by atoms with Gasteiger partial charge in [0.2, 0.25) is 5.65 Å². The first-order valence-corrected chi connectivity index (χ1v) is 5.85. The maximum absolute atomic E-state index is 5.67. The zero-order valence-electron chi connectivity index (χ0n) is 10.2. The molecule has 0 radical (unpaired) electrons. The van der Waals surface area contributed by atoms with E-state index in [9.17, 15) is 0 Å². The smallest absolute Gasteiger partial charge is 0.203 e. The molecule has 17 heavy (non-hydrogen) atoms. The summed E-state index contributed by atoms with van der Waals surface area (Å²) in [5.74, 6) is 1.30. The van der Waals surface area contributed by atoms with E-state index in [4.69, 9.17) is 5.73 Å². The third-order valence-corrected chi connectivity index (χ3v) is 2.81. The fourth-order valence-electron chi connectivity index (χ4n) is 1.78. The summed E-state index contributed by atoms with van der Waals surface area (Å²) in [5.41, 5.74) is 6.46. The van der Waals surface area contributed by atoms with Gasteiger partial charge in [0.25, 0.3) is 0 Å². The van der Waals surface area contributed by atoms with Gasteiger partial charge in [0.15, 0.2) is 5.82 Å². The van der Waals surface area contributed by atoms with Crippen LogP contribution in [0.25, 0.3) is 5.65 Å². The van der Waals surface area contributed by atoms with Crippen molar-refractivity contribution in [1.82, 2.24) is 19.6 Å². The molecule has 0 amide bonds. The molecule has 2 aromatic rings. The Morgan fingerprint density at radius 1 is 1.53 bits per heavy atom. The van der Waals surface area contributed by atoms with Gasteiger partial charge >= 0.3 is 0 Å². The van der Waals surface area contributed by atoms with Gasteiger partial charge in [-0.05, 0) is 19.4 Å². The predicted molar refractivity (Wildman–Crippen MR) is 66.9 cm³/mol. The molecule has 0 aliphatic carbocycles. The Morgan fingerprint density at radius 2 is 2.35 bits per heavy atom. The van der Waals surface area contributed by atoms with E-state index in [-0.39, 0.29) is 0 Å². The van der Waals surface area contributed by atoms with Crippen molar-refractivity contribution in [1.29, 1.82) is 0 Å². The number of rotatable bonds is 5. The Labute approximate surface area is 100 Å². The van der Waals surface area contributed by atoms with Crippen molar-refractivity contribution in [2.24, 2.45) is 11.7 Å². The van der Waals surface area contributed by atoms with E-state index < -0.39 is 0 Å². The Kier molecular flexibility index (Phi) is 3.53. The molecule has 1 atom stereocenters. The summed E-state index contributed by atoms with van der Waals surface area (Å²) in [6.07, 6.45) is 5.29. The molecule has 6 heteroatoms. The summed E-state index contributed by atoms with van der Waals surface area (Å²) in [6, 6.07) is 0. The molecule has 0 spiro atoms. The molecule has 2 heterocycles. The van der Waals surface area contributed by atoms with Gasteiger partial charge in [-0.3, -0.25) is 4.40 Å². The van der Waals surface area contributed by atoms with Crippen LogP contribution in [0.15, 0.2) is 18.7 Å². The van der Waals surface area contributed by atoms with Crippen LogP contribution in [0, 0.1) is 5.92 Å². The molecule has 0 saturated heterocycles. The molecule has 0 aromatic carbocycles. The van der Waals surface area contributed by atoms with Crippen molar-refractivity contribution in [3.8, 4) is 0 Å². The van der Waals surface area contributed by atoms with Crippen molar-refractivity contribution in [3.63, 3.8) is 0 Å². The lowest BCUT2D eigenvalue weighted by Gasteiger charge is -2.24. The van der Waals surface area contributed by atoms with Crippen LogP contribution < -0.4 is 10.6 Å². The number of nitrogens with zero attached hydrogens (tertiary/aromatic N) is 5. The molecule has 1 unspecified atom stereocenters. The van der Waals surface area contributed by atoms with E-state index >= 15 is 0 Å². The second-order valence-corrected chi connectivity index (χ2v) is 4.19. The van der Waals surface area contributed by atoms with Gasteiger partial charge in [-0.2, -0.15) is 0 Å². The van der Waals surface area contributed by atoms with Gasteiger partial charge < -0.3 is 10.6 Å². The van der Waals surface area contributed by atoms with E-state index in [2.05, 4.69) is 33.9 Å². The van der Waals surface area contributed by atoms with Crippen LogP contribution >= 0.6 is 0 Å². The highest BCUT2D eigenvalue weighted by atomic mass is 15.3. The van der Waals surface area contributed by atoms with Crippen LogP contribution in [-0.4, -0.2) is 39.2 Å². The van der Waals surface area contributed by atoms with E-state index in [0.29, 0.717) is 12.5 Å². The van der Waals surface area contributed by atoms with E-state index in [1.54, 1.807) is 12.5 Å². The zero-order valence-corrected chi connectivity index (χ0v) is 10.2. The predicted octanol–water partition coefficient (Wildman–Crippen LogP) is 0.545. The fraction of sp³-hybridized carbons (Fsp3) is 0.545. The lowest BCUT2D eigenvalue weighted by molar-refractivity contribution is 0.573. The molecular weight excluding hydrogens is 216 g/mol. The molecule has 0 saturated carbocycles. The van der Waals surface area contributed by atoms with Gasteiger partial charge in [0, 0.05) is 25.5 Å². The topological polar surface area (TPSA) is 72.3 Å². The molecule has 2 N–H and O–H groups in total. The second kappa shape index (κ2) is 5.09. The Morgan fingerprint density at radius 3 is 3.06 bits per heavy atom. The second-order valence-electron chi connectivity index (χ2n) is 4.19. The first kappa shape index (κ1) is 11.8. The fourth-order valence-corrected chi connectivity index (χ4v) is 1.78. The van der Waals surface area contributed by atoms with Crippen molar-refractivity contribution in [2.75, 3.05) is 24.5 Å². The first-order chi connectivity index (χ1) is 8.26. The summed E-state index contributed by atoms with van der Waals surface area (Å²) in [5, 5.41) is 8.00. The summed E-state index contributed by atoms with van der Waals surface area (Å²) in [6.45, 7) is 6.67. The lowest BCUT2D eigenvalue weighted by Crippen LogP contribution is -2.32. The van der Waals surface area contributed by atoms with Crippen LogP contribution in [0.1, 0.15) is 13.8 Å². The summed E-state index contributed by atoms with van der Waals surface area (Å²) in [4.78, 5) is 6.58. The third-order valence-electron chi connectivity index (χ3n) is 2.81. The number of hydrogen-bond acceptors (Lipinski definition) is 5. The molecule has 6 nitrogen and oxygen atoms in total. The average molecular weight is 234 g/mol. The molecule has 2 aromatic heterocycles. The summed E-state index contributed by atoms with van der Waals surface area (Å²) < 4.78 is 1.87. The van der Waals surface area contributed by atoms with E-state index in [1.165, 1.54) is 0 Å². The molecule has 0 aliphatic rings. The maximum atomic E-state index is 5.67. The number of anilines is 1. The highest BCUT2D eigenvalue weighted by Crippen LogP contribution is 2.16. The van der Waals surface area contributed by atoms with Gasteiger partial charge in [0.05, 0.1) is 0 Å². The highest BCUT2D eigenvalue weighted by molar-refractivity contribution is 5.63. The molecular formula is C11H18N6. The zero-order chi connectivity index (χ0) is 12.3. The van der Waals surface area contributed by atoms with E-state index in [1.807, 2.05) is 10.6 Å². The Balaban J connectivity index is 2.32. The number of aromatic nitrogens is 4. The first-order valence-electron chi connectivity index (χ1n) is 5.85. The average Bonchev–Trinajstić information content (AvgIpc) is 2.83. The van der Waals surface area contributed by atoms with Crippen molar-refractivity contribution in [2.45, 2.75) is 13.8 Å². The Hall–Kier alpha value is -1.69. The van der Waals surface area contributed by atoms with Crippen LogP contribution in [0.4, 0.5) is 5.82 Å². The van der Waals surface area contributed by atoms with E-state index in [0.717, 1.165) is 24.6 Å². The molecule has 2 rings (SSSR count). The van der Waals surface area contributed by atoms with Gasteiger partial charge in [-0.1, -0.05) is 6.92 Å². The SMILES string of the molecule is CCN(CC(C)CN)c1nccn2cnnc12. The molecule has 0 fully saturated rings. The number of hydrogen-bond donors (Lipinski definition) is 1. The highest BCUT2D eigenvalue weighted by Gasteiger charge is 2.14. The van der Waals surface area contributed by atoms with Crippen molar-refractivity contribution >= 4 is 11.5 Å². The van der Waals surface area contributed by atoms with Crippen LogP contribution in [0.2, 0.25) is 0 Å². The number of fused-ring (bicyclic) bond motifs is 1. The third kappa shape index (κ3) is 2.36. The quantitative estimate of drug-likeness (QED) is 0.817. The van der Waals surface area contributed by atoms with Crippen molar-refractivity contribution < 1.29 is 0 Å². The summed E-state index contributed by atoms with van der Waals surface area (Å²) >= 11 is 0. The van der Waals surface area contributed by atoms with Gasteiger partial charge in [-0.15, -0.1) is 10.2 Å². The van der Waals surface area contributed by atoms with Crippen LogP contribution in [-0.2, 0) is 0 Å². The summed E-state index contributed by atoms with van der Waals surface area (Å²) in [7, 11) is 0. The van der Waals surface area contributed by atoms with Crippen molar-refractivity contribution in [3.05, 3.63) is 18.7 Å². The normalized spacial score (nSPS) is 12.9. The number of nitrogens with two attached hydrogens (primary N) is 1. The standard InChI is InChI=1S/C11H18N6/c1-3-16(7-9(2)6-12)10-11-15-14-8-17(11)5-4-13-10/h4-5,8-9H,3,6-7,12H2,1-2H3. The van der Waals surface area contributed by atoms with Crippen LogP contribution in [0.5, 0.6) is 0 Å². The lowest BCUT2D eigenvalue weighted by atomic mass is 10.1. The maximum Gasteiger partial charge on any atom is 0.203 e. The largest absolute Gasteiger partial charge is 0.353 e. The molecule has 92 valence electrons. The minimum absolute atomic E-state index is 0.430. The molecule has 0 bridgehead atoms. The minimum atomic E-state index is 0.430. The Bertz CT molecular complexity index is 480. The van der Waals surface area contributed by atoms with Gasteiger partial charge in [-0.25, -0.2) is 4.98 Å². The van der Waals surface area contributed by atoms with Crippen LogP contribution in [0.3, 0.4) is 0 Å². The van der Waals surface area contributed by atoms with Gasteiger partial charge in [0.1, 0.15) is 6.33 Å².